The van der Waals surface area contributed by atoms with E-state index in [1.165, 1.54) is 5.56 Å². The van der Waals surface area contributed by atoms with Crippen LogP contribution in [-0.4, -0.2) is 19.5 Å². The van der Waals surface area contributed by atoms with Gasteiger partial charge in [0.15, 0.2) is 0 Å². The molecule has 0 aromatic heterocycles. The molecular formula is C12H14O2. The Bertz CT molecular complexity index is 314. The van der Waals surface area contributed by atoms with Gasteiger partial charge >= 0.3 is 0 Å². The number of ether oxygens (including phenoxy) is 1. The smallest absolute Gasteiger partial charge is 0.150 e. The van der Waals surface area contributed by atoms with Gasteiger partial charge in [-0.1, -0.05) is 18.2 Å². The monoisotopic (exact) mass is 190 g/mol. The average molecular weight is 190 g/mol. The van der Waals surface area contributed by atoms with Crippen LogP contribution in [-0.2, 0) is 4.74 Å². The first kappa shape index (κ1) is 9.41. The number of carbonyl (C=O) groups excluding carboxylic acids is 1. The quantitative estimate of drug-likeness (QED) is 0.669. The van der Waals surface area contributed by atoms with Crippen molar-refractivity contribution in [2.75, 3.05) is 13.2 Å². The van der Waals surface area contributed by atoms with Crippen LogP contribution in [0.2, 0.25) is 0 Å². The van der Waals surface area contributed by atoms with Crippen molar-refractivity contribution in [3.05, 3.63) is 35.4 Å². The number of hydrogen-bond acceptors (Lipinski definition) is 2. The molecule has 74 valence electrons. The van der Waals surface area contributed by atoms with Gasteiger partial charge < -0.3 is 4.74 Å². The van der Waals surface area contributed by atoms with Gasteiger partial charge in [-0.2, -0.15) is 0 Å². The maximum absolute atomic E-state index is 10.6. The molecule has 1 aromatic carbocycles. The van der Waals surface area contributed by atoms with E-state index in [-0.39, 0.29) is 0 Å². The van der Waals surface area contributed by atoms with Crippen LogP contribution < -0.4 is 0 Å². The minimum Gasteiger partial charge on any atom is -0.381 e. The van der Waals surface area contributed by atoms with Crippen LogP contribution in [0.5, 0.6) is 0 Å². The van der Waals surface area contributed by atoms with E-state index in [2.05, 4.69) is 6.07 Å². The van der Waals surface area contributed by atoms with Crippen molar-refractivity contribution in [3.8, 4) is 0 Å². The Morgan fingerprint density at radius 2 is 2.07 bits per heavy atom. The Balaban J connectivity index is 2.17. The third-order valence-electron chi connectivity index (χ3n) is 2.74. The standard InChI is InChI=1S/C12H14O2/c13-9-10-2-1-3-12(8-10)11-4-6-14-7-5-11/h1-3,8-9,11H,4-7H2. The summed E-state index contributed by atoms with van der Waals surface area (Å²) < 4.78 is 5.31. The van der Waals surface area contributed by atoms with Crippen molar-refractivity contribution in [1.29, 1.82) is 0 Å². The van der Waals surface area contributed by atoms with Crippen molar-refractivity contribution in [2.24, 2.45) is 0 Å². The summed E-state index contributed by atoms with van der Waals surface area (Å²) in [4.78, 5) is 10.6. The molecule has 0 unspecified atom stereocenters. The van der Waals surface area contributed by atoms with Crippen LogP contribution in [0.25, 0.3) is 0 Å². The average Bonchev–Trinajstić information content (AvgIpc) is 2.30. The molecule has 14 heavy (non-hydrogen) atoms. The first-order valence-electron chi connectivity index (χ1n) is 5.03. The second-order valence-electron chi connectivity index (χ2n) is 3.67. The van der Waals surface area contributed by atoms with Gasteiger partial charge in [-0.25, -0.2) is 0 Å². The van der Waals surface area contributed by atoms with Crippen LogP contribution in [0, 0.1) is 0 Å². The van der Waals surface area contributed by atoms with E-state index in [0.717, 1.165) is 37.9 Å². The second kappa shape index (κ2) is 4.38. The highest BCUT2D eigenvalue weighted by molar-refractivity contribution is 5.75. The van der Waals surface area contributed by atoms with E-state index >= 15 is 0 Å². The highest BCUT2D eigenvalue weighted by Crippen LogP contribution is 2.26. The van der Waals surface area contributed by atoms with Gasteiger partial charge in [-0.15, -0.1) is 0 Å². The normalized spacial score (nSPS) is 18.0. The first-order chi connectivity index (χ1) is 6.90. The summed E-state index contributed by atoms with van der Waals surface area (Å²) >= 11 is 0. The molecule has 0 radical (unpaired) electrons. The number of carbonyl (C=O) groups is 1. The van der Waals surface area contributed by atoms with Gasteiger partial charge in [-0.3, -0.25) is 4.79 Å². The molecule has 1 aliphatic rings. The molecule has 0 atom stereocenters. The van der Waals surface area contributed by atoms with Gasteiger partial charge in [0.05, 0.1) is 0 Å². The van der Waals surface area contributed by atoms with Gasteiger partial charge in [0, 0.05) is 18.8 Å². The summed E-state index contributed by atoms with van der Waals surface area (Å²) in [6.07, 6.45) is 3.05. The minimum absolute atomic E-state index is 0.573. The van der Waals surface area contributed by atoms with E-state index < -0.39 is 0 Å². The highest BCUT2D eigenvalue weighted by Gasteiger charge is 2.15. The van der Waals surface area contributed by atoms with Crippen molar-refractivity contribution in [2.45, 2.75) is 18.8 Å². The lowest BCUT2D eigenvalue weighted by molar-refractivity contribution is 0.0853. The molecule has 2 nitrogen and oxygen atoms in total. The van der Waals surface area contributed by atoms with Crippen LogP contribution in [0.1, 0.15) is 34.7 Å². The van der Waals surface area contributed by atoms with Crippen molar-refractivity contribution < 1.29 is 9.53 Å². The summed E-state index contributed by atoms with van der Waals surface area (Å²) in [6, 6.07) is 7.89. The van der Waals surface area contributed by atoms with Crippen molar-refractivity contribution >= 4 is 6.29 Å². The Hall–Kier alpha value is -1.15. The van der Waals surface area contributed by atoms with Crippen LogP contribution in [0.15, 0.2) is 24.3 Å². The van der Waals surface area contributed by atoms with Crippen LogP contribution in [0.3, 0.4) is 0 Å². The molecule has 1 aromatic rings. The summed E-state index contributed by atoms with van der Waals surface area (Å²) in [6.45, 7) is 1.69. The Morgan fingerprint density at radius 3 is 2.79 bits per heavy atom. The molecule has 0 amide bonds. The molecule has 1 fully saturated rings. The van der Waals surface area contributed by atoms with Crippen molar-refractivity contribution in [1.82, 2.24) is 0 Å². The molecule has 0 aliphatic carbocycles. The molecule has 0 saturated carbocycles. The second-order valence-corrected chi connectivity index (χ2v) is 3.67. The Labute approximate surface area is 83.9 Å². The zero-order valence-corrected chi connectivity index (χ0v) is 8.11. The van der Waals surface area contributed by atoms with E-state index in [9.17, 15) is 4.79 Å². The molecule has 2 rings (SSSR count). The topological polar surface area (TPSA) is 26.3 Å². The summed E-state index contributed by atoms with van der Waals surface area (Å²) in [5, 5.41) is 0. The fraction of sp³-hybridized carbons (Fsp3) is 0.417. The predicted octanol–water partition coefficient (Wildman–Crippen LogP) is 2.39. The fourth-order valence-electron chi connectivity index (χ4n) is 1.92. The minimum atomic E-state index is 0.573. The third kappa shape index (κ3) is 2.02. The summed E-state index contributed by atoms with van der Waals surface area (Å²) in [5.41, 5.74) is 2.05. The lowest BCUT2D eigenvalue weighted by Crippen LogP contribution is -2.14. The molecule has 1 heterocycles. The van der Waals surface area contributed by atoms with E-state index in [1.54, 1.807) is 0 Å². The molecule has 2 heteroatoms. The first-order valence-corrected chi connectivity index (χ1v) is 5.03. The fourth-order valence-corrected chi connectivity index (χ4v) is 1.92. The molecule has 1 saturated heterocycles. The molecule has 0 spiro atoms. The van der Waals surface area contributed by atoms with Crippen molar-refractivity contribution in [3.63, 3.8) is 0 Å². The lowest BCUT2D eigenvalue weighted by atomic mass is 9.91. The number of aldehydes is 1. The number of hydrogen-bond donors (Lipinski definition) is 0. The van der Waals surface area contributed by atoms with Crippen LogP contribution in [0.4, 0.5) is 0 Å². The predicted molar refractivity (Wildman–Crippen MR) is 54.6 cm³/mol. The zero-order valence-electron chi connectivity index (χ0n) is 8.11. The SMILES string of the molecule is O=Cc1cccc(C2CCOCC2)c1. The van der Waals surface area contributed by atoms with E-state index in [0.29, 0.717) is 5.92 Å². The Kier molecular flexibility index (Phi) is 2.94. The summed E-state index contributed by atoms with van der Waals surface area (Å²) in [5.74, 6) is 0.573. The summed E-state index contributed by atoms with van der Waals surface area (Å²) in [7, 11) is 0. The maximum Gasteiger partial charge on any atom is 0.150 e. The van der Waals surface area contributed by atoms with Gasteiger partial charge in [-0.05, 0) is 30.4 Å². The molecule has 1 aliphatic heterocycles. The molecule has 0 bridgehead atoms. The zero-order chi connectivity index (χ0) is 9.80. The number of benzene rings is 1. The maximum atomic E-state index is 10.6. The highest BCUT2D eigenvalue weighted by atomic mass is 16.5. The largest absolute Gasteiger partial charge is 0.381 e. The molecular weight excluding hydrogens is 176 g/mol. The number of rotatable bonds is 2. The van der Waals surface area contributed by atoms with E-state index in [4.69, 9.17) is 4.74 Å². The third-order valence-corrected chi connectivity index (χ3v) is 2.74. The van der Waals surface area contributed by atoms with Gasteiger partial charge in [0.25, 0.3) is 0 Å². The Morgan fingerprint density at radius 1 is 1.29 bits per heavy atom. The van der Waals surface area contributed by atoms with E-state index in [1.807, 2.05) is 18.2 Å². The van der Waals surface area contributed by atoms with Gasteiger partial charge in [0.2, 0.25) is 0 Å². The molecule has 0 N–H and O–H groups in total. The lowest BCUT2D eigenvalue weighted by Gasteiger charge is -2.22. The van der Waals surface area contributed by atoms with Crippen LogP contribution >= 0.6 is 0 Å². The van der Waals surface area contributed by atoms with Gasteiger partial charge in [0.1, 0.15) is 6.29 Å².